The van der Waals surface area contributed by atoms with Crippen LogP contribution in [0.25, 0.3) is 0 Å². The van der Waals surface area contributed by atoms with Gasteiger partial charge < -0.3 is 15.8 Å². The van der Waals surface area contributed by atoms with Gasteiger partial charge in [-0.15, -0.1) is 11.3 Å². The summed E-state index contributed by atoms with van der Waals surface area (Å²) < 4.78 is 4.94. The van der Waals surface area contributed by atoms with Crippen molar-refractivity contribution >= 4 is 28.7 Å². The molecule has 0 aliphatic rings. The molecule has 112 valence electrons. The molecule has 0 amide bonds. The summed E-state index contributed by atoms with van der Waals surface area (Å²) in [5, 5.41) is 4.25. The molecule has 0 fully saturated rings. The largest absolute Gasteiger partial charge is 0.462 e. The van der Waals surface area contributed by atoms with Gasteiger partial charge in [0.15, 0.2) is 0 Å². The summed E-state index contributed by atoms with van der Waals surface area (Å²) in [4.78, 5) is 17.2. The van der Waals surface area contributed by atoms with Gasteiger partial charge in [-0.3, -0.25) is 0 Å². The van der Waals surface area contributed by atoms with Crippen LogP contribution in [0.3, 0.4) is 0 Å². The SMILES string of the molecule is CCOC(=O)c1ccc(NCc2ncc(CC)s2)c(N)c1. The number of rotatable bonds is 6. The van der Waals surface area contributed by atoms with Gasteiger partial charge in [0.05, 0.1) is 30.1 Å². The standard InChI is InChI=1S/C15H19N3O2S/c1-3-11-8-18-14(21-11)9-17-13-6-5-10(7-12(13)16)15(19)20-4-2/h5-8,17H,3-4,9,16H2,1-2H3. The highest BCUT2D eigenvalue weighted by molar-refractivity contribution is 7.11. The van der Waals surface area contributed by atoms with Crippen molar-refractivity contribution in [3.8, 4) is 0 Å². The van der Waals surface area contributed by atoms with E-state index >= 15 is 0 Å². The van der Waals surface area contributed by atoms with Gasteiger partial charge in [0, 0.05) is 11.1 Å². The third-order valence-corrected chi connectivity index (χ3v) is 4.08. The molecule has 0 atom stereocenters. The first-order valence-electron chi connectivity index (χ1n) is 6.88. The maximum atomic E-state index is 11.6. The van der Waals surface area contributed by atoms with Gasteiger partial charge in [-0.25, -0.2) is 9.78 Å². The Morgan fingerprint density at radius 1 is 1.43 bits per heavy atom. The van der Waals surface area contributed by atoms with E-state index in [0.717, 1.165) is 17.1 Å². The molecule has 0 bridgehead atoms. The van der Waals surface area contributed by atoms with Gasteiger partial charge in [-0.05, 0) is 31.5 Å². The van der Waals surface area contributed by atoms with Crippen LogP contribution in [-0.4, -0.2) is 17.6 Å². The van der Waals surface area contributed by atoms with Gasteiger partial charge in [0.2, 0.25) is 0 Å². The number of nitrogens with zero attached hydrogens (tertiary/aromatic N) is 1. The summed E-state index contributed by atoms with van der Waals surface area (Å²) in [7, 11) is 0. The summed E-state index contributed by atoms with van der Waals surface area (Å²) in [5.74, 6) is -0.358. The average molecular weight is 305 g/mol. The second-order valence-corrected chi connectivity index (χ2v) is 5.65. The molecule has 0 aliphatic carbocycles. The number of anilines is 2. The number of thiazole rings is 1. The van der Waals surface area contributed by atoms with E-state index in [-0.39, 0.29) is 5.97 Å². The Balaban J connectivity index is 2.02. The third-order valence-electron chi connectivity index (χ3n) is 2.94. The number of nitrogens with one attached hydrogen (secondary N) is 1. The molecule has 1 aromatic heterocycles. The molecule has 2 aromatic rings. The van der Waals surface area contributed by atoms with Gasteiger partial charge in [0.1, 0.15) is 5.01 Å². The van der Waals surface area contributed by atoms with E-state index in [9.17, 15) is 4.79 Å². The third kappa shape index (κ3) is 3.95. The molecular formula is C15H19N3O2S. The zero-order valence-electron chi connectivity index (χ0n) is 12.2. The predicted octanol–water partition coefficient (Wildman–Crippen LogP) is 3.08. The molecule has 21 heavy (non-hydrogen) atoms. The Kier molecular flexibility index (Phi) is 5.16. The van der Waals surface area contributed by atoms with Gasteiger partial charge >= 0.3 is 5.97 Å². The smallest absolute Gasteiger partial charge is 0.338 e. The molecule has 0 unspecified atom stereocenters. The highest BCUT2D eigenvalue weighted by atomic mass is 32.1. The van der Waals surface area contributed by atoms with Crippen LogP contribution in [0.1, 0.15) is 34.1 Å². The number of hydrogen-bond donors (Lipinski definition) is 2. The normalized spacial score (nSPS) is 10.4. The van der Waals surface area contributed by atoms with Crippen LogP contribution < -0.4 is 11.1 Å². The van der Waals surface area contributed by atoms with Crippen LogP contribution in [0.15, 0.2) is 24.4 Å². The summed E-state index contributed by atoms with van der Waals surface area (Å²) >= 11 is 1.68. The zero-order chi connectivity index (χ0) is 15.2. The van der Waals surface area contributed by atoms with E-state index < -0.39 is 0 Å². The number of carbonyl (C=O) groups excluding carboxylic acids is 1. The molecule has 5 nitrogen and oxygen atoms in total. The van der Waals surface area contributed by atoms with Crippen LogP contribution in [-0.2, 0) is 17.7 Å². The van der Waals surface area contributed by atoms with E-state index in [1.54, 1.807) is 36.5 Å². The summed E-state index contributed by atoms with van der Waals surface area (Å²) in [6.07, 6.45) is 2.89. The fourth-order valence-corrected chi connectivity index (χ4v) is 2.63. The fourth-order valence-electron chi connectivity index (χ4n) is 1.83. The van der Waals surface area contributed by atoms with Crippen molar-refractivity contribution in [2.24, 2.45) is 0 Å². The van der Waals surface area contributed by atoms with Crippen LogP contribution in [0.2, 0.25) is 0 Å². The lowest BCUT2D eigenvalue weighted by molar-refractivity contribution is 0.0526. The molecule has 0 saturated carbocycles. The molecule has 1 heterocycles. The van der Waals surface area contributed by atoms with Crippen molar-refractivity contribution < 1.29 is 9.53 Å². The van der Waals surface area contributed by atoms with Crippen LogP contribution >= 0.6 is 11.3 Å². The minimum atomic E-state index is -0.358. The van der Waals surface area contributed by atoms with Crippen molar-refractivity contribution in [1.82, 2.24) is 4.98 Å². The van der Waals surface area contributed by atoms with Crippen molar-refractivity contribution in [1.29, 1.82) is 0 Å². The topological polar surface area (TPSA) is 77.2 Å². The summed E-state index contributed by atoms with van der Waals surface area (Å²) in [5.41, 5.74) is 7.73. The number of esters is 1. The van der Waals surface area contributed by atoms with Crippen molar-refractivity contribution in [3.63, 3.8) is 0 Å². The van der Waals surface area contributed by atoms with E-state index in [2.05, 4.69) is 17.2 Å². The minimum Gasteiger partial charge on any atom is -0.462 e. The number of ether oxygens (including phenoxy) is 1. The number of aromatic nitrogens is 1. The molecular weight excluding hydrogens is 286 g/mol. The highest BCUT2D eigenvalue weighted by Crippen LogP contribution is 2.22. The molecule has 1 aromatic carbocycles. The first-order valence-corrected chi connectivity index (χ1v) is 7.69. The Bertz CT molecular complexity index is 625. The van der Waals surface area contributed by atoms with E-state index in [0.29, 0.717) is 24.4 Å². The molecule has 3 N–H and O–H groups in total. The summed E-state index contributed by atoms with van der Waals surface area (Å²) in [6.45, 7) is 4.85. The molecule has 0 saturated heterocycles. The number of hydrogen-bond acceptors (Lipinski definition) is 6. The van der Waals surface area contributed by atoms with E-state index in [4.69, 9.17) is 10.5 Å². The maximum absolute atomic E-state index is 11.6. The monoisotopic (exact) mass is 305 g/mol. The van der Waals surface area contributed by atoms with Gasteiger partial charge in [0.25, 0.3) is 0 Å². The number of nitrogens with two attached hydrogens (primary N) is 1. The number of nitrogen functional groups attached to an aromatic ring is 1. The summed E-state index contributed by atoms with van der Waals surface area (Å²) in [6, 6.07) is 5.12. The van der Waals surface area contributed by atoms with Crippen molar-refractivity contribution in [3.05, 3.63) is 39.8 Å². The number of carbonyl (C=O) groups is 1. The lowest BCUT2D eigenvalue weighted by Crippen LogP contribution is -2.07. The second kappa shape index (κ2) is 7.08. The number of benzene rings is 1. The lowest BCUT2D eigenvalue weighted by Gasteiger charge is -2.09. The highest BCUT2D eigenvalue weighted by Gasteiger charge is 2.09. The first kappa shape index (κ1) is 15.3. The van der Waals surface area contributed by atoms with Gasteiger partial charge in [-0.1, -0.05) is 6.92 Å². The van der Waals surface area contributed by atoms with Gasteiger partial charge in [-0.2, -0.15) is 0 Å². The Morgan fingerprint density at radius 3 is 2.86 bits per heavy atom. The fraction of sp³-hybridized carbons (Fsp3) is 0.333. The lowest BCUT2D eigenvalue weighted by atomic mass is 10.1. The maximum Gasteiger partial charge on any atom is 0.338 e. The van der Waals surface area contributed by atoms with Crippen molar-refractivity contribution in [2.45, 2.75) is 26.8 Å². The first-order chi connectivity index (χ1) is 10.1. The minimum absolute atomic E-state index is 0.350. The Hall–Kier alpha value is -2.08. The number of aryl methyl sites for hydroxylation is 1. The average Bonchev–Trinajstić information content (AvgIpc) is 2.94. The molecule has 2 rings (SSSR count). The Morgan fingerprint density at radius 2 is 2.24 bits per heavy atom. The second-order valence-electron chi connectivity index (χ2n) is 4.45. The van der Waals surface area contributed by atoms with E-state index in [1.165, 1.54) is 4.88 Å². The molecule has 0 aliphatic heterocycles. The van der Waals surface area contributed by atoms with E-state index in [1.807, 2.05) is 6.20 Å². The van der Waals surface area contributed by atoms with Crippen LogP contribution in [0.5, 0.6) is 0 Å². The molecule has 0 spiro atoms. The predicted molar refractivity (Wildman–Crippen MR) is 85.6 cm³/mol. The zero-order valence-corrected chi connectivity index (χ0v) is 13.0. The quantitative estimate of drug-likeness (QED) is 0.633. The van der Waals surface area contributed by atoms with Crippen LogP contribution in [0.4, 0.5) is 11.4 Å². The molecule has 0 radical (unpaired) electrons. The Labute approximate surface area is 128 Å². The van der Waals surface area contributed by atoms with Crippen molar-refractivity contribution in [2.75, 3.05) is 17.7 Å². The van der Waals surface area contributed by atoms with Crippen LogP contribution in [0, 0.1) is 0 Å². The molecule has 6 heteroatoms.